The maximum Gasteiger partial charge on any atom is 0.415 e. The van der Waals surface area contributed by atoms with Gasteiger partial charge in [0.2, 0.25) is 0 Å². The number of nitriles is 1. The fourth-order valence-electron chi connectivity index (χ4n) is 1.72. The molecule has 5 heteroatoms. The van der Waals surface area contributed by atoms with Gasteiger partial charge in [0.25, 0.3) is 0 Å². The summed E-state index contributed by atoms with van der Waals surface area (Å²) in [6.07, 6.45) is -0.557. The lowest BCUT2D eigenvalue weighted by atomic mass is 10.2. The van der Waals surface area contributed by atoms with Crippen LogP contribution >= 0.6 is 15.9 Å². The molecule has 0 radical (unpaired) electrons. The number of anilines is 1. The number of amides is 1. The van der Waals surface area contributed by atoms with E-state index in [9.17, 15) is 4.79 Å². The van der Waals surface area contributed by atoms with Crippen molar-refractivity contribution in [1.82, 2.24) is 0 Å². The molecule has 1 heterocycles. The van der Waals surface area contributed by atoms with Gasteiger partial charge in [0.05, 0.1) is 5.69 Å². The molecule has 1 aliphatic rings. The summed E-state index contributed by atoms with van der Waals surface area (Å²) in [5.41, 5.74) is 1.89. The summed E-state index contributed by atoms with van der Waals surface area (Å²) < 4.78 is 5.84. The molecule has 0 aromatic heterocycles. The maximum absolute atomic E-state index is 11.7. The first-order valence-corrected chi connectivity index (χ1v) is 6.05. The van der Waals surface area contributed by atoms with E-state index in [0.29, 0.717) is 13.0 Å². The molecule has 4 nitrogen and oxygen atoms in total. The highest BCUT2D eigenvalue weighted by Crippen LogP contribution is 2.29. The van der Waals surface area contributed by atoms with Crippen molar-refractivity contribution in [3.8, 4) is 6.07 Å². The Kier molecular flexibility index (Phi) is 3.34. The second-order valence-electron chi connectivity index (χ2n) is 3.90. The van der Waals surface area contributed by atoms with Crippen LogP contribution in [-0.4, -0.2) is 18.7 Å². The smallest absolute Gasteiger partial charge is 0.415 e. The Labute approximate surface area is 108 Å². The van der Waals surface area contributed by atoms with E-state index >= 15 is 0 Å². The van der Waals surface area contributed by atoms with Gasteiger partial charge in [-0.05, 0) is 40.5 Å². The third-order valence-corrected chi connectivity index (χ3v) is 3.25. The van der Waals surface area contributed by atoms with Crippen molar-refractivity contribution in [2.75, 3.05) is 11.4 Å². The summed E-state index contributed by atoms with van der Waals surface area (Å²) in [5.74, 6) is 0. The number of cyclic esters (lactones) is 1. The predicted molar refractivity (Wildman–Crippen MR) is 66.7 cm³/mol. The van der Waals surface area contributed by atoms with Crippen molar-refractivity contribution in [3.63, 3.8) is 0 Å². The Morgan fingerprint density at radius 3 is 2.94 bits per heavy atom. The van der Waals surface area contributed by atoms with Gasteiger partial charge >= 0.3 is 6.09 Å². The fraction of sp³-hybridized carbons (Fsp3) is 0.333. The molecule has 0 N–H and O–H groups in total. The van der Waals surface area contributed by atoms with Crippen LogP contribution in [0, 0.1) is 18.3 Å². The number of benzene rings is 1. The standard InChI is InChI=1S/C12H11BrN2O2/c1-8-2-3-11(10(13)6-8)15-5-4-9(7-14)17-12(15)16/h2-3,6,9H,4-5H2,1H3. The fourth-order valence-corrected chi connectivity index (χ4v) is 2.43. The van der Waals surface area contributed by atoms with E-state index in [4.69, 9.17) is 10.00 Å². The average molecular weight is 295 g/mol. The third-order valence-electron chi connectivity index (χ3n) is 2.62. The number of halogens is 1. The van der Waals surface area contributed by atoms with Crippen LogP contribution < -0.4 is 4.90 Å². The second-order valence-corrected chi connectivity index (χ2v) is 4.75. The van der Waals surface area contributed by atoms with E-state index in [-0.39, 0.29) is 0 Å². The molecule has 0 bridgehead atoms. The van der Waals surface area contributed by atoms with Crippen molar-refractivity contribution in [2.45, 2.75) is 19.4 Å². The number of carbonyl (C=O) groups excluding carboxylic acids is 1. The molecule has 1 aromatic rings. The number of nitrogens with zero attached hydrogens (tertiary/aromatic N) is 2. The zero-order valence-corrected chi connectivity index (χ0v) is 10.9. The SMILES string of the molecule is Cc1ccc(N2CCC(C#N)OC2=O)c(Br)c1. The Bertz CT molecular complexity index is 496. The molecule has 1 unspecified atom stereocenters. The summed E-state index contributed by atoms with van der Waals surface area (Å²) >= 11 is 3.43. The van der Waals surface area contributed by atoms with Gasteiger partial charge in [0, 0.05) is 17.4 Å². The van der Waals surface area contributed by atoms with Gasteiger partial charge in [-0.1, -0.05) is 6.07 Å². The quantitative estimate of drug-likeness (QED) is 0.800. The lowest BCUT2D eigenvalue weighted by Crippen LogP contribution is -2.41. The average Bonchev–Trinajstić information content (AvgIpc) is 2.30. The van der Waals surface area contributed by atoms with Crippen molar-refractivity contribution in [3.05, 3.63) is 28.2 Å². The van der Waals surface area contributed by atoms with Gasteiger partial charge in [-0.3, -0.25) is 4.90 Å². The van der Waals surface area contributed by atoms with E-state index in [0.717, 1.165) is 15.7 Å². The van der Waals surface area contributed by atoms with Crippen LogP contribution in [0.4, 0.5) is 10.5 Å². The first kappa shape index (κ1) is 11.9. The number of carbonyl (C=O) groups is 1. The lowest BCUT2D eigenvalue weighted by Gasteiger charge is -2.29. The molecule has 0 saturated carbocycles. The topological polar surface area (TPSA) is 53.3 Å². The van der Waals surface area contributed by atoms with Gasteiger partial charge in [-0.2, -0.15) is 5.26 Å². The molecule has 1 aliphatic heterocycles. The van der Waals surface area contributed by atoms with E-state index in [1.807, 2.05) is 31.2 Å². The molecule has 88 valence electrons. The van der Waals surface area contributed by atoms with E-state index in [1.54, 1.807) is 0 Å². The lowest BCUT2D eigenvalue weighted by molar-refractivity contribution is 0.111. The molecular formula is C12H11BrN2O2. The highest BCUT2D eigenvalue weighted by Gasteiger charge is 2.28. The molecule has 2 rings (SSSR count). The van der Waals surface area contributed by atoms with Crippen LogP contribution in [-0.2, 0) is 4.74 Å². The van der Waals surface area contributed by atoms with Crippen molar-refractivity contribution < 1.29 is 9.53 Å². The summed E-state index contributed by atoms with van der Waals surface area (Å²) in [6.45, 7) is 2.48. The normalized spacial score (nSPS) is 19.7. The highest BCUT2D eigenvalue weighted by molar-refractivity contribution is 9.10. The molecule has 1 amide bonds. The third kappa shape index (κ3) is 2.42. The summed E-state index contributed by atoms with van der Waals surface area (Å²) in [7, 11) is 0. The van der Waals surface area contributed by atoms with Gasteiger partial charge in [-0.15, -0.1) is 0 Å². The minimum absolute atomic E-state index is 0.465. The van der Waals surface area contributed by atoms with Crippen LogP contribution in [0.25, 0.3) is 0 Å². The summed E-state index contributed by atoms with van der Waals surface area (Å²) in [6, 6.07) is 7.69. The summed E-state index contributed by atoms with van der Waals surface area (Å²) in [4.78, 5) is 13.3. The van der Waals surface area contributed by atoms with Gasteiger partial charge in [0.1, 0.15) is 6.07 Å². The zero-order chi connectivity index (χ0) is 12.4. The second kappa shape index (κ2) is 4.76. The van der Waals surface area contributed by atoms with E-state index < -0.39 is 12.2 Å². The highest BCUT2D eigenvalue weighted by atomic mass is 79.9. The molecule has 17 heavy (non-hydrogen) atoms. The van der Waals surface area contributed by atoms with Gasteiger partial charge < -0.3 is 4.74 Å². The van der Waals surface area contributed by atoms with Gasteiger partial charge in [-0.25, -0.2) is 4.79 Å². The van der Waals surface area contributed by atoms with Crippen LogP contribution in [0.1, 0.15) is 12.0 Å². The van der Waals surface area contributed by atoms with Gasteiger partial charge in [0.15, 0.2) is 6.10 Å². The van der Waals surface area contributed by atoms with E-state index in [2.05, 4.69) is 15.9 Å². The molecule has 1 aromatic carbocycles. The van der Waals surface area contributed by atoms with E-state index in [1.165, 1.54) is 4.90 Å². The maximum atomic E-state index is 11.7. The van der Waals surface area contributed by atoms with Crippen LogP contribution in [0.2, 0.25) is 0 Å². The largest absolute Gasteiger partial charge is 0.430 e. The van der Waals surface area contributed by atoms with Crippen molar-refractivity contribution in [2.24, 2.45) is 0 Å². The predicted octanol–water partition coefficient (Wildman–Crippen LogP) is 3.00. The molecule has 1 atom stereocenters. The molecule has 1 fully saturated rings. The first-order valence-electron chi connectivity index (χ1n) is 5.25. The van der Waals surface area contributed by atoms with Crippen LogP contribution in [0.15, 0.2) is 22.7 Å². The zero-order valence-electron chi connectivity index (χ0n) is 9.31. The van der Waals surface area contributed by atoms with Crippen molar-refractivity contribution >= 4 is 27.7 Å². The minimum atomic E-state index is -0.622. The molecule has 1 saturated heterocycles. The van der Waals surface area contributed by atoms with Crippen LogP contribution in [0.5, 0.6) is 0 Å². The Balaban J connectivity index is 2.24. The number of ether oxygens (including phenoxy) is 1. The Hall–Kier alpha value is -1.54. The molecular weight excluding hydrogens is 284 g/mol. The molecule has 0 aliphatic carbocycles. The number of aryl methyl sites for hydroxylation is 1. The van der Waals surface area contributed by atoms with Crippen LogP contribution in [0.3, 0.4) is 0 Å². The Morgan fingerprint density at radius 2 is 2.35 bits per heavy atom. The minimum Gasteiger partial charge on any atom is -0.430 e. The summed E-state index contributed by atoms with van der Waals surface area (Å²) in [5, 5.41) is 8.70. The monoisotopic (exact) mass is 294 g/mol. The number of hydrogen-bond donors (Lipinski definition) is 0. The number of rotatable bonds is 1. The Morgan fingerprint density at radius 1 is 1.59 bits per heavy atom. The van der Waals surface area contributed by atoms with Crippen molar-refractivity contribution in [1.29, 1.82) is 5.26 Å². The number of hydrogen-bond acceptors (Lipinski definition) is 3. The first-order chi connectivity index (χ1) is 8.11. The molecule has 0 spiro atoms.